The number of ether oxygens (including phenoxy) is 1. The van der Waals surface area contributed by atoms with E-state index in [4.69, 9.17) is 4.74 Å². The summed E-state index contributed by atoms with van der Waals surface area (Å²) >= 11 is 0. The Hall–Kier alpha value is -3.34. The monoisotopic (exact) mass is 375 g/mol. The van der Waals surface area contributed by atoms with Crippen LogP contribution >= 0.6 is 0 Å². The molecule has 3 rings (SSSR count). The maximum atomic E-state index is 12.8. The van der Waals surface area contributed by atoms with E-state index in [1.54, 1.807) is 24.3 Å². The van der Waals surface area contributed by atoms with Gasteiger partial charge in [-0.05, 0) is 49.2 Å². The molecule has 1 heterocycles. The van der Waals surface area contributed by atoms with Crippen LogP contribution in [0.3, 0.4) is 0 Å². The van der Waals surface area contributed by atoms with Crippen molar-refractivity contribution in [1.82, 2.24) is 4.98 Å². The standard InChI is InChI=1S/C23H25N3O2/c1-3-26(20-10-5-4-6-11-20)23(27)21-14-13-19(17-25-21)24-16-15-18-9-7-8-12-22(18)28-2/h4-14,17,24H,3,15-16H2,1-2H3. The summed E-state index contributed by atoms with van der Waals surface area (Å²) in [6.45, 7) is 3.29. The SMILES string of the molecule is CCN(C(=O)c1ccc(NCCc2ccccc2OC)cn1)c1ccccc1. The Kier molecular flexibility index (Phi) is 6.63. The highest BCUT2D eigenvalue weighted by molar-refractivity contribution is 6.04. The Morgan fingerprint density at radius 2 is 1.79 bits per heavy atom. The normalized spacial score (nSPS) is 10.4. The lowest BCUT2D eigenvalue weighted by molar-refractivity contribution is 0.0983. The highest BCUT2D eigenvalue weighted by Crippen LogP contribution is 2.19. The number of methoxy groups -OCH3 is 1. The number of benzene rings is 2. The van der Waals surface area contributed by atoms with Crippen LogP contribution in [0.4, 0.5) is 11.4 Å². The molecule has 1 N–H and O–H groups in total. The van der Waals surface area contributed by atoms with Gasteiger partial charge < -0.3 is 15.0 Å². The van der Waals surface area contributed by atoms with Gasteiger partial charge in [-0.2, -0.15) is 0 Å². The van der Waals surface area contributed by atoms with E-state index in [9.17, 15) is 4.79 Å². The molecule has 0 bridgehead atoms. The summed E-state index contributed by atoms with van der Waals surface area (Å²) in [4.78, 5) is 18.9. The molecule has 5 heteroatoms. The Labute approximate surface area is 166 Å². The molecule has 0 spiro atoms. The van der Waals surface area contributed by atoms with Crippen LogP contribution in [0.15, 0.2) is 72.9 Å². The van der Waals surface area contributed by atoms with Gasteiger partial charge in [0.25, 0.3) is 5.91 Å². The molecule has 2 aromatic carbocycles. The molecule has 3 aromatic rings. The third kappa shape index (κ3) is 4.68. The molecule has 0 aliphatic heterocycles. The fraction of sp³-hybridized carbons (Fsp3) is 0.217. The minimum atomic E-state index is -0.103. The van der Waals surface area contributed by atoms with Gasteiger partial charge >= 0.3 is 0 Å². The summed E-state index contributed by atoms with van der Waals surface area (Å²) in [5, 5.41) is 3.34. The zero-order chi connectivity index (χ0) is 19.8. The molecule has 0 unspecified atom stereocenters. The van der Waals surface area contributed by atoms with Crippen molar-refractivity contribution in [2.24, 2.45) is 0 Å². The van der Waals surface area contributed by atoms with Crippen LogP contribution in [0.25, 0.3) is 0 Å². The van der Waals surface area contributed by atoms with E-state index < -0.39 is 0 Å². The number of hydrogen-bond acceptors (Lipinski definition) is 4. The number of aromatic nitrogens is 1. The quantitative estimate of drug-likeness (QED) is 0.634. The molecular weight excluding hydrogens is 350 g/mol. The van der Waals surface area contributed by atoms with Crippen molar-refractivity contribution in [1.29, 1.82) is 0 Å². The average Bonchev–Trinajstić information content (AvgIpc) is 2.76. The molecule has 144 valence electrons. The zero-order valence-corrected chi connectivity index (χ0v) is 16.3. The Bertz CT molecular complexity index is 895. The molecule has 0 aliphatic carbocycles. The molecule has 0 atom stereocenters. The number of para-hydroxylation sites is 2. The fourth-order valence-corrected chi connectivity index (χ4v) is 3.07. The van der Waals surface area contributed by atoms with Crippen molar-refractivity contribution in [3.8, 4) is 5.75 Å². The van der Waals surface area contributed by atoms with Crippen molar-refractivity contribution in [3.05, 3.63) is 84.2 Å². The first kappa shape index (κ1) is 19.4. The molecule has 28 heavy (non-hydrogen) atoms. The highest BCUT2D eigenvalue weighted by Gasteiger charge is 2.17. The maximum absolute atomic E-state index is 12.8. The molecular formula is C23H25N3O2. The lowest BCUT2D eigenvalue weighted by Crippen LogP contribution is -2.31. The van der Waals surface area contributed by atoms with Crippen molar-refractivity contribution in [3.63, 3.8) is 0 Å². The lowest BCUT2D eigenvalue weighted by atomic mass is 10.1. The van der Waals surface area contributed by atoms with Crippen LogP contribution < -0.4 is 15.0 Å². The number of hydrogen-bond donors (Lipinski definition) is 1. The minimum absolute atomic E-state index is 0.103. The first-order valence-corrected chi connectivity index (χ1v) is 9.41. The van der Waals surface area contributed by atoms with E-state index >= 15 is 0 Å². The van der Waals surface area contributed by atoms with Gasteiger partial charge in [0.05, 0.1) is 19.0 Å². The third-order valence-electron chi connectivity index (χ3n) is 4.53. The second-order valence-electron chi connectivity index (χ2n) is 6.31. The summed E-state index contributed by atoms with van der Waals surface area (Å²) in [5.74, 6) is 0.790. The molecule has 0 fully saturated rings. The van der Waals surface area contributed by atoms with Crippen molar-refractivity contribution in [2.45, 2.75) is 13.3 Å². The first-order chi connectivity index (χ1) is 13.7. The number of carbonyl (C=O) groups excluding carboxylic acids is 1. The van der Waals surface area contributed by atoms with Gasteiger partial charge in [-0.3, -0.25) is 4.79 Å². The first-order valence-electron chi connectivity index (χ1n) is 9.41. The second-order valence-corrected chi connectivity index (χ2v) is 6.31. The van der Waals surface area contributed by atoms with Crippen LogP contribution in [0.5, 0.6) is 5.75 Å². The van der Waals surface area contributed by atoms with E-state index in [0.29, 0.717) is 12.2 Å². The van der Waals surface area contributed by atoms with Crippen molar-refractivity contribution < 1.29 is 9.53 Å². The van der Waals surface area contributed by atoms with E-state index in [1.165, 1.54) is 0 Å². The lowest BCUT2D eigenvalue weighted by Gasteiger charge is -2.20. The average molecular weight is 375 g/mol. The van der Waals surface area contributed by atoms with E-state index in [2.05, 4.69) is 16.4 Å². The van der Waals surface area contributed by atoms with Crippen LogP contribution in [0, 0.1) is 0 Å². The number of rotatable bonds is 8. The number of anilines is 2. The smallest absolute Gasteiger partial charge is 0.276 e. The molecule has 0 aliphatic rings. The van der Waals surface area contributed by atoms with Gasteiger partial charge in [0.1, 0.15) is 11.4 Å². The van der Waals surface area contributed by atoms with Crippen LogP contribution in [0.1, 0.15) is 23.0 Å². The highest BCUT2D eigenvalue weighted by atomic mass is 16.5. The largest absolute Gasteiger partial charge is 0.496 e. The fourth-order valence-electron chi connectivity index (χ4n) is 3.07. The molecule has 1 aromatic heterocycles. The van der Waals surface area contributed by atoms with Gasteiger partial charge in [0.15, 0.2) is 0 Å². The molecule has 5 nitrogen and oxygen atoms in total. The van der Waals surface area contributed by atoms with E-state index in [1.807, 2.05) is 61.5 Å². The molecule has 0 radical (unpaired) electrons. The summed E-state index contributed by atoms with van der Waals surface area (Å²) < 4.78 is 5.38. The van der Waals surface area contributed by atoms with Crippen LogP contribution in [-0.4, -0.2) is 31.1 Å². The van der Waals surface area contributed by atoms with Gasteiger partial charge in [0, 0.05) is 18.8 Å². The Balaban J connectivity index is 1.60. The van der Waals surface area contributed by atoms with Crippen molar-refractivity contribution in [2.75, 3.05) is 30.4 Å². The van der Waals surface area contributed by atoms with E-state index in [0.717, 1.165) is 35.7 Å². The Morgan fingerprint density at radius 3 is 2.46 bits per heavy atom. The summed E-state index contributed by atoms with van der Waals surface area (Å²) in [6.07, 6.45) is 2.54. The van der Waals surface area contributed by atoms with Crippen LogP contribution in [0.2, 0.25) is 0 Å². The topological polar surface area (TPSA) is 54.5 Å². The molecule has 0 saturated heterocycles. The molecule has 0 saturated carbocycles. The number of pyridine rings is 1. The zero-order valence-electron chi connectivity index (χ0n) is 16.3. The number of nitrogens with zero attached hydrogens (tertiary/aromatic N) is 2. The van der Waals surface area contributed by atoms with Crippen LogP contribution in [-0.2, 0) is 6.42 Å². The van der Waals surface area contributed by atoms with E-state index in [-0.39, 0.29) is 5.91 Å². The minimum Gasteiger partial charge on any atom is -0.496 e. The number of nitrogens with one attached hydrogen (secondary N) is 1. The number of carbonyl (C=O) groups is 1. The third-order valence-corrected chi connectivity index (χ3v) is 4.53. The van der Waals surface area contributed by atoms with Gasteiger partial charge in [0.2, 0.25) is 0 Å². The number of amides is 1. The summed E-state index contributed by atoms with van der Waals surface area (Å²) in [7, 11) is 1.68. The van der Waals surface area contributed by atoms with Crippen molar-refractivity contribution >= 4 is 17.3 Å². The second kappa shape index (κ2) is 9.55. The predicted octanol–water partition coefficient (Wildman–Crippen LogP) is 4.41. The van der Waals surface area contributed by atoms with Gasteiger partial charge in [-0.1, -0.05) is 36.4 Å². The van der Waals surface area contributed by atoms with Gasteiger partial charge in [-0.25, -0.2) is 4.98 Å². The predicted molar refractivity (Wildman–Crippen MR) is 113 cm³/mol. The summed E-state index contributed by atoms with van der Waals surface area (Å²) in [6, 6.07) is 21.3. The summed E-state index contributed by atoms with van der Waals surface area (Å²) in [5.41, 5.74) is 3.34. The van der Waals surface area contributed by atoms with Gasteiger partial charge in [-0.15, -0.1) is 0 Å². The Morgan fingerprint density at radius 1 is 1.04 bits per heavy atom. The molecule has 1 amide bonds. The maximum Gasteiger partial charge on any atom is 0.276 e.